The van der Waals surface area contributed by atoms with Crippen LogP contribution in [0.1, 0.15) is 23.2 Å². The molecule has 2 heterocycles. The number of hydrogen-bond donors (Lipinski definition) is 3. The van der Waals surface area contributed by atoms with Crippen molar-refractivity contribution in [3.05, 3.63) is 35.4 Å². The number of hydrogen-bond acceptors (Lipinski definition) is 5. The molecule has 1 amide bonds. The van der Waals surface area contributed by atoms with Gasteiger partial charge in [-0.1, -0.05) is 0 Å². The summed E-state index contributed by atoms with van der Waals surface area (Å²) >= 11 is 0. The molecule has 1 fully saturated rings. The van der Waals surface area contributed by atoms with Gasteiger partial charge in [0.1, 0.15) is 16.9 Å². The fraction of sp³-hybridized carbons (Fsp3) is 0.333. The fourth-order valence-electron chi connectivity index (χ4n) is 2.39. The topological polar surface area (TPSA) is 95.5 Å². The summed E-state index contributed by atoms with van der Waals surface area (Å²) in [4.78, 5) is 12.1. The molecule has 0 bridgehead atoms. The lowest BCUT2D eigenvalue weighted by Crippen LogP contribution is -2.34. The van der Waals surface area contributed by atoms with E-state index in [4.69, 9.17) is 14.6 Å². The largest absolute Gasteiger partial charge is 0.508 e. The number of amides is 1. The highest BCUT2D eigenvalue weighted by atomic mass is 16.5. The zero-order valence-electron chi connectivity index (χ0n) is 11.4. The summed E-state index contributed by atoms with van der Waals surface area (Å²) in [6, 6.07) is 6.16. The van der Waals surface area contributed by atoms with Crippen molar-refractivity contribution < 1.29 is 19.1 Å². The minimum absolute atomic E-state index is 0.0532. The van der Waals surface area contributed by atoms with Crippen molar-refractivity contribution in [2.24, 2.45) is 0 Å². The fourth-order valence-corrected chi connectivity index (χ4v) is 2.39. The zero-order valence-corrected chi connectivity index (χ0v) is 11.4. The Balaban J connectivity index is 1.82. The smallest absolute Gasteiger partial charge is 0.256 e. The monoisotopic (exact) mass is 288 g/mol. The molecule has 0 aliphatic carbocycles. The van der Waals surface area contributed by atoms with Gasteiger partial charge in [0.15, 0.2) is 0 Å². The predicted octanol–water partition coefficient (Wildman–Crippen LogP) is 1.53. The van der Waals surface area contributed by atoms with E-state index in [1.54, 1.807) is 12.1 Å². The Hall–Kier alpha value is -2.34. The molecule has 1 aliphatic rings. The lowest BCUT2D eigenvalue weighted by Gasteiger charge is -2.10. The third kappa shape index (κ3) is 2.90. The molecule has 1 aliphatic heterocycles. The highest BCUT2D eigenvalue weighted by molar-refractivity contribution is 5.96. The Morgan fingerprint density at radius 2 is 2.29 bits per heavy atom. The minimum atomic E-state index is -0.353. The number of phenols is 1. The van der Waals surface area contributed by atoms with E-state index in [1.165, 1.54) is 12.1 Å². The van der Waals surface area contributed by atoms with Crippen molar-refractivity contribution in [1.82, 2.24) is 5.32 Å². The van der Waals surface area contributed by atoms with Crippen molar-refractivity contribution in [2.75, 3.05) is 13.2 Å². The summed E-state index contributed by atoms with van der Waals surface area (Å²) in [7, 11) is 0. The average Bonchev–Trinajstić information content (AvgIpc) is 2.97. The second-order valence-electron chi connectivity index (χ2n) is 5.06. The van der Waals surface area contributed by atoms with E-state index in [0.717, 1.165) is 19.4 Å². The molecule has 6 nitrogen and oxygen atoms in total. The molecule has 6 heteroatoms. The van der Waals surface area contributed by atoms with Crippen LogP contribution in [0, 0.1) is 5.41 Å². The van der Waals surface area contributed by atoms with E-state index in [9.17, 15) is 9.90 Å². The molecule has 3 rings (SSSR count). The molecule has 1 aromatic carbocycles. The number of phenolic OH excluding ortho intramolecular Hbond substituents is 1. The van der Waals surface area contributed by atoms with Crippen molar-refractivity contribution in [3.63, 3.8) is 0 Å². The number of fused-ring (bicyclic) bond motifs is 1. The summed E-state index contributed by atoms with van der Waals surface area (Å²) in [5, 5.41) is 20.6. The Labute approximate surface area is 120 Å². The van der Waals surface area contributed by atoms with Gasteiger partial charge in [0.2, 0.25) is 5.55 Å². The lowest BCUT2D eigenvalue weighted by atomic mass is 10.1. The highest BCUT2D eigenvalue weighted by Gasteiger charge is 2.18. The molecular formula is C15H16N2O4. The van der Waals surface area contributed by atoms with Gasteiger partial charge in [0, 0.05) is 24.6 Å². The quantitative estimate of drug-likeness (QED) is 0.798. The molecule has 0 spiro atoms. The van der Waals surface area contributed by atoms with Gasteiger partial charge in [-0.15, -0.1) is 0 Å². The zero-order chi connectivity index (χ0) is 14.8. The van der Waals surface area contributed by atoms with Gasteiger partial charge in [-0.25, -0.2) is 0 Å². The number of benzene rings is 1. The second kappa shape index (κ2) is 5.57. The van der Waals surface area contributed by atoms with E-state index >= 15 is 0 Å². The van der Waals surface area contributed by atoms with Crippen LogP contribution in [-0.2, 0) is 4.74 Å². The van der Waals surface area contributed by atoms with E-state index < -0.39 is 0 Å². The first kappa shape index (κ1) is 13.6. The maximum Gasteiger partial charge on any atom is 0.256 e. The second-order valence-corrected chi connectivity index (χ2v) is 5.06. The number of carbonyl (C=O) groups excluding carboxylic acids is 1. The third-order valence-corrected chi connectivity index (χ3v) is 3.51. The summed E-state index contributed by atoms with van der Waals surface area (Å²) < 4.78 is 10.7. The number of carbonyl (C=O) groups is 1. The van der Waals surface area contributed by atoms with Crippen molar-refractivity contribution in [1.29, 1.82) is 5.41 Å². The molecule has 21 heavy (non-hydrogen) atoms. The maximum absolute atomic E-state index is 12.1. The van der Waals surface area contributed by atoms with Crippen molar-refractivity contribution >= 4 is 16.9 Å². The lowest BCUT2D eigenvalue weighted by molar-refractivity contribution is 0.0854. The van der Waals surface area contributed by atoms with Crippen molar-refractivity contribution in [2.45, 2.75) is 18.9 Å². The Morgan fingerprint density at radius 3 is 3.05 bits per heavy atom. The van der Waals surface area contributed by atoms with Crippen LogP contribution in [0.5, 0.6) is 5.75 Å². The van der Waals surface area contributed by atoms with E-state index in [2.05, 4.69) is 5.32 Å². The molecule has 1 saturated heterocycles. The first-order valence-electron chi connectivity index (χ1n) is 6.85. The minimum Gasteiger partial charge on any atom is -0.508 e. The van der Waals surface area contributed by atoms with Gasteiger partial charge in [-0.05, 0) is 31.0 Å². The normalized spacial score (nSPS) is 18.0. The van der Waals surface area contributed by atoms with E-state index in [-0.39, 0.29) is 28.9 Å². The van der Waals surface area contributed by atoms with Gasteiger partial charge in [0.25, 0.3) is 5.91 Å². The maximum atomic E-state index is 12.1. The highest BCUT2D eigenvalue weighted by Crippen LogP contribution is 2.19. The Kier molecular flexibility index (Phi) is 3.62. The SMILES string of the molecule is N=c1oc2cc(O)ccc2cc1C(=O)NC[C@@H]1CCCO1. The van der Waals surface area contributed by atoms with E-state index in [1.807, 2.05) is 0 Å². The van der Waals surface area contributed by atoms with Crippen LogP contribution in [-0.4, -0.2) is 30.3 Å². The van der Waals surface area contributed by atoms with Gasteiger partial charge in [-0.2, -0.15) is 0 Å². The van der Waals surface area contributed by atoms with Crippen LogP contribution in [0.4, 0.5) is 0 Å². The Bertz CT molecular complexity index is 732. The number of nitrogens with one attached hydrogen (secondary N) is 2. The van der Waals surface area contributed by atoms with Crippen LogP contribution >= 0.6 is 0 Å². The molecule has 1 atom stereocenters. The van der Waals surface area contributed by atoms with Crippen molar-refractivity contribution in [3.8, 4) is 5.75 Å². The molecular weight excluding hydrogens is 272 g/mol. The summed E-state index contributed by atoms with van der Waals surface area (Å²) in [6.07, 6.45) is 2.01. The van der Waals surface area contributed by atoms with Gasteiger partial charge < -0.3 is 19.6 Å². The standard InChI is InChI=1S/C15H16N2O4/c16-14-12(15(19)17-8-11-2-1-5-20-11)6-9-3-4-10(18)7-13(9)21-14/h3-4,6-7,11,16,18H,1-2,5,8H2,(H,17,19)/t11-/m0/s1. The number of rotatable bonds is 3. The van der Waals surface area contributed by atoms with Gasteiger partial charge in [0.05, 0.1) is 6.10 Å². The third-order valence-electron chi connectivity index (χ3n) is 3.51. The summed E-state index contributed by atoms with van der Waals surface area (Å²) in [5.41, 5.74) is 0.319. The molecule has 0 saturated carbocycles. The molecule has 2 aromatic rings. The molecule has 0 radical (unpaired) electrons. The van der Waals surface area contributed by atoms with Crippen LogP contribution < -0.4 is 10.9 Å². The molecule has 0 unspecified atom stereocenters. The van der Waals surface area contributed by atoms with Crippen LogP contribution in [0.25, 0.3) is 11.0 Å². The first-order valence-corrected chi connectivity index (χ1v) is 6.85. The number of ether oxygens (including phenoxy) is 1. The summed E-state index contributed by atoms with van der Waals surface area (Å²) in [6.45, 7) is 1.17. The molecule has 110 valence electrons. The molecule has 3 N–H and O–H groups in total. The van der Waals surface area contributed by atoms with Crippen LogP contribution in [0.15, 0.2) is 28.7 Å². The van der Waals surface area contributed by atoms with Crippen LogP contribution in [0.3, 0.4) is 0 Å². The van der Waals surface area contributed by atoms with Gasteiger partial charge >= 0.3 is 0 Å². The predicted molar refractivity (Wildman–Crippen MR) is 75.0 cm³/mol. The summed E-state index contributed by atoms with van der Waals surface area (Å²) in [5.74, 6) is -0.296. The first-order chi connectivity index (χ1) is 10.1. The average molecular weight is 288 g/mol. The van der Waals surface area contributed by atoms with Crippen LogP contribution in [0.2, 0.25) is 0 Å². The number of aromatic hydroxyl groups is 1. The van der Waals surface area contributed by atoms with Gasteiger partial charge in [-0.3, -0.25) is 10.2 Å². The molecule has 1 aromatic heterocycles. The van der Waals surface area contributed by atoms with E-state index in [0.29, 0.717) is 17.5 Å². The Morgan fingerprint density at radius 1 is 1.43 bits per heavy atom.